The zero-order chi connectivity index (χ0) is 17.4. The minimum absolute atomic E-state index is 0.0223. The van der Waals surface area contributed by atoms with Crippen LogP contribution in [0.2, 0.25) is 0 Å². The average molecular weight is 442 g/mol. The van der Waals surface area contributed by atoms with Crippen molar-refractivity contribution in [2.45, 2.75) is 0 Å². The van der Waals surface area contributed by atoms with Crippen LogP contribution >= 0.6 is 22.6 Å². The van der Waals surface area contributed by atoms with E-state index in [1.807, 2.05) is 12.1 Å². The van der Waals surface area contributed by atoms with Crippen LogP contribution in [0.1, 0.15) is 10.4 Å². The Hall–Kier alpha value is -2.16. The van der Waals surface area contributed by atoms with Crippen LogP contribution in [-0.4, -0.2) is 31.5 Å². The van der Waals surface area contributed by atoms with Gasteiger partial charge in [0.05, 0.1) is 5.56 Å². The van der Waals surface area contributed by atoms with E-state index in [1.165, 1.54) is 18.2 Å². The highest BCUT2D eigenvalue weighted by Gasteiger charge is 2.10. The summed E-state index contributed by atoms with van der Waals surface area (Å²) in [7, 11) is 0. The fourth-order valence-corrected chi connectivity index (χ4v) is 2.21. The third-order valence-electron chi connectivity index (χ3n) is 3.03. The van der Waals surface area contributed by atoms with E-state index in [0.29, 0.717) is 5.75 Å². The molecule has 0 spiro atoms. The van der Waals surface area contributed by atoms with Gasteiger partial charge in [0.2, 0.25) is 0 Å². The van der Waals surface area contributed by atoms with Crippen LogP contribution < -0.4 is 15.4 Å². The van der Waals surface area contributed by atoms with Crippen LogP contribution in [0.4, 0.5) is 4.39 Å². The highest BCUT2D eigenvalue weighted by Crippen LogP contribution is 2.13. The van der Waals surface area contributed by atoms with Crippen LogP contribution in [0, 0.1) is 9.39 Å². The second-order valence-electron chi connectivity index (χ2n) is 4.83. The lowest BCUT2D eigenvalue weighted by molar-refractivity contribution is -0.123. The molecule has 2 rings (SSSR count). The van der Waals surface area contributed by atoms with Crippen LogP contribution in [0.25, 0.3) is 0 Å². The van der Waals surface area contributed by atoms with Crippen molar-refractivity contribution in [1.82, 2.24) is 10.6 Å². The van der Waals surface area contributed by atoms with Gasteiger partial charge in [-0.3, -0.25) is 9.59 Å². The number of nitrogens with one attached hydrogen (secondary N) is 2. The van der Waals surface area contributed by atoms with Gasteiger partial charge in [-0.15, -0.1) is 0 Å². The van der Waals surface area contributed by atoms with E-state index in [1.54, 1.807) is 18.2 Å². The van der Waals surface area contributed by atoms with Gasteiger partial charge in [-0.05, 0) is 59.0 Å². The molecule has 0 aliphatic rings. The summed E-state index contributed by atoms with van der Waals surface area (Å²) < 4.78 is 19.8. The number of amides is 2. The molecule has 0 unspecified atom stereocenters. The summed E-state index contributed by atoms with van der Waals surface area (Å²) in [6.07, 6.45) is 0. The molecule has 0 bridgehead atoms. The van der Waals surface area contributed by atoms with Crippen molar-refractivity contribution in [3.63, 3.8) is 0 Å². The zero-order valence-corrected chi connectivity index (χ0v) is 14.9. The predicted octanol–water partition coefficient (Wildman–Crippen LogP) is 2.36. The number of hydrogen-bond acceptors (Lipinski definition) is 3. The van der Waals surface area contributed by atoms with E-state index in [-0.39, 0.29) is 31.2 Å². The maximum absolute atomic E-state index is 13.4. The Balaban J connectivity index is 1.65. The molecule has 0 saturated carbocycles. The van der Waals surface area contributed by atoms with Crippen molar-refractivity contribution >= 4 is 34.4 Å². The number of rotatable bonds is 7. The van der Waals surface area contributed by atoms with E-state index in [2.05, 4.69) is 33.2 Å². The number of hydrogen-bond donors (Lipinski definition) is 2. The standard InChI is InChI=1S/C17H16FIN2O3/c18-15-4-2-1-3-14(15)17(23)21-10-9-20-16(22)11-24-13-7-5-12(19)6-8-13/h1-8H,9-11H2,(H,20,22)(H,21,23). The molecule has 0 aromatic heterocycles. The van der Waals surface area contributed by atoms with Crippen LogP contribution in [0.15, 0.2) is 48.5 Å². The van der Waals surface area contributed by atoms with Gasteiger partial charge >= 0.3 is 0 Å². The van der Waals surface area contributed by atoms with E-state index in [4.69, 9.17) is 4.74 Å². The molecule has 126 valence electrons. The minimum atomic E-state index is -0.579. The number of carbonyl (C=O) groups is 2. The fourth-order valence-electron chi connectivity index (χ4n) is 1.85. The molecule has 2 N–H and O–H groups in total. The summed E-state index contributed by atoms with van der Waals surface area (Å²) in [5.41, 5.74) is -0.0223. The summed E-state index contributed by atoms with van der Waals surface area (Å²) in [5, 5.41) is 5.15. The van der Waals surface area contributed by atoms with Crippen molar-refractivity contribution in [2.24, 2.45) is 0 Å². The summed E-state index contributed by atoms with van der Waals surface area (Å²) in [5.74, 6) is -0.783. The van der Waals surface area contributed by atoms with Gasteiger partial charge < -0.3 is 15.4 Å². The van der Waals surface area contributed by atoms with Crippen molar-refractivity contribution < 1.29 is 18.7 Å². The SMILES string of the molecule is O=C(COc1ccc(I)cc1)NCCNC(=O)c1ccccc1F. The quantitative estimate of drug-likeness (QED) is 0.511. The molecule has 0 aliphatic heterocycles. The molecule has 0 aliphatic carbocycles. The van der Waals surface area contributed by atoms with Crippen LogP contribution in [0.3, 0.4) is 0 Å². The largest absolute Gasteiger partial charge is 0.484 e. The van der Waals surface area contributed by atoms with Gasteiger partial charge in [0, 0.05) is 16.7 Å². The van der Waals surface area contributed by atoms with Gasteiger partial charge in [0.1, 0.15) is 11.6 Å². The molecule has 5 nitrogen and oxygen atoms in total. The normalized spacial score (nSPS) is 10.1. The molecular formula is C17H16FIN2O3. The maximum Gasteiger partial charge on any atom is 0.258 e. The van der Waals surface area contributed by atoms with Gasteiger partial charge in [-0.2, -0.15) is 0 Å². The summed E-state index contributed by atoms with van der Waals surface area (Å²) >= 11 is 2.18. The minimum Gasteiger partial charge on any atom is -0.484 e. The van der Waals surface area contributed by atoms with Crippen molar-refractivity contribution in [3.05, 3.63) is 63.5 Å². The molecule has 0 saturated heterocycles. The molecule has 7 heteroatoms. The lowest BCUT2D eigenvalue weighted by atomic mass is 10.2. The molecule has 2 aromatic carbocycles. The molecule has 0 heterocycles. The third-order valence-corrected chi connectivity index (χ3v) is 3.75. The number of halogens is 2. The van der Waals surface area contributed by atoms with E-state index in [0.717, 1.165) is 3.57 Å². The van der Waals surface area contributed by atoms with Crippen LogP contribution in [0.5, 0.6) is 5.75 Å². The molecular weight excluding hydrogens is 426 g/mol. The Morgan fingerprint density at radius 3 is 2.38 bits per heavy atom. The molecule has 0 radical (unpaired) electrons. The summed E-state index contributed by atoms with van der Waals surface area (Å²) in [4.78, 5) is 23.4. The van der Waals surface area contributed by atoms with Gasteiger partial charge in [-0.25, -0.2) is 4.39 Å². The van der Waals surface area contributed by atoms with E-state index < -0.39 is 11.7 Å². The average Bonchev–Trinajstić information content (AvgIpc) is 2.58. The van der Waals surface area contributed by atoms with Gasteiger partial charge in [-0.1, -0.05) is 12.1 Å². The summed E-state index contributed by atoms with van der Waals surface area (Å²) in [6.45, 7) is 0.319. The first-order valence-electron chi connectivity index (χ1n) is 7.24. The first kappa shape index (κ1) is 18.2. The monoisotopic (exact) mass is 442 g/mol. The van der Waals surface area contributed by atoms with Crippen molar-refractivity contribution in [3.8, 4) is 5.75 Å². The third kappa shape index (κ3) is 5.80. The molecule has 2 aromatic rings. The Bertz CT molecular complexity index is 707. The Kier molecular flexibility index (Phi) is 6.98. The lowest BCUT2D eigenvalue weighted by Crippen LogP contribution is -2.37. The Morgan fingerprint density at radius 1 is 1.00 bits per heavy atom. The molecule has 0 fully saturated rings. The number of carbonyl (C=O) groups excluding carboxylic acids is 2. The Labute approximate surface area is 152 Å². The predicted molar refractivity (Wildman–Crippen MR) is 96.4 cm³/mol. The number of ether oxygens (including phenoxy) is 1. The second-order valence-corrected chi connectivity index (χ2v) is 6.07. The topological polar surface area (TPSA) is 67.4 Å². The first-order chi connectivity index (χ1) is 11.6. The molecule has 24 heavy (non-hydrogen) atoms. The second kappa shape index (κ2) is 9.21. The van der Waals surface area contributed by atoms with E-state index >= 15 is 0 Å². The van der Waals surface area contributed by atoms with Crippen molar-refractivity contribution in [2.75, 3.05) is 19.7 Å². The van der Waals surface area contributed by atoms with Crippen molar-refractivity contribution in [1.29, 1.82) is 0 Å². The lowest BCUT2D eigenvalue weighted by Gasteiger charge is -2.09. The van der Waals surface area contributed by atoms with E-state index in [9.17, 15) is 14.0 Å². The smallest absolute Gasteiger partial charge is 0.258 e. The maximum atomic E-state index is 13.4. The van der Waals surface area contributed by atoms with Gasteiger partial charge in [0.15, 0.2) is 6.61 Å². The fraction of sp³-hybridized carbons (Fsp3) is 0.176. The summed E-state index contributed by atoms with van der Waals surface area (Å²) in [6, 6.07) is 13.0. The highest BCUT2D eigenvalue weighted by molar-refractivity contribution is 14.1. The molecule has 2 amide bonds. The number of benzene rings is 2. The zero-order valence-electron chi connectivity index (χ0n) is 12.7. The first-order valence-corrected chi connectivity index (χ1v) is 8.32. The Morgan fingerprint density at radius 2 is 1.67 bits per heavy atom. The van der Waals surface area contributed by atoms with Gasteiger partial charge in [0.25, 0.3) is 11.8 Å². The van der Waals surface area contributed by atoms with Crippen LogP contribution in [-0.2, 0) is 4.79 Å². The highest BCUT2D eigenvalue weighted by atomic mass is 127. The molecule has 0 atom stereocenters.